The number of pyridine rings is 1. The SMILES string of the molecule is Cc1ccc2c(NCc3cccc(CO)c3)ccnc2c1C. The molecule has 0 atom stereocenters. The van der Waals surface area contributed by atoms with Crippen molar-refractivity contribution in [3.8, 4) is 0 Å². The monoisotopic (exact) mass is 292 g/mol. The molecule has 3 aromatic rings. The fourth-order valence-corrected chi connectivity index (χ4v) is 2.65. The lowest BCUT2D eigenvalue weighted by atomic mass is 10.0. The van der Waals surface area contributed by atoms with Crippen LogP contribution in [-0.4, -0.2) is 10.1 Å². The molecule has 1 heterocycles. The molecule has 0 fully saturated rings. The Balaban J connectivity index is 1.89. The predicted octanol–water partition coefficient (Wildman–Crippen LogP) is 3.96. The number of nitrogens with zero attached hydrogens (tertiary/aromatic N) is 1. The number of hydrogen-bond acceptors (Lipinski definition) is 3. The molecule has 0 aliphatic rings. The van der Waals surface area contributed by atoms with Crippen LogP contribution in [0.3, 0.4) is 0 Å². The molecule has 0 radical (unpaired) electrons. The lowest BCUT2D eigenvalue weighted by Gasteiger charge is -2.12. The molecule has 3 nitrogen and oxygen atoms in total. The minimum Gasteiger partial charge on any atom is -0.392 e. The van der Waals surface area contributed by atoms with Crippen molar-refractivity contribution in [2.45, 2.75) is 27.0 Å². The first kappa shape index (κ1) is 14.5. The van der Waals surface area contributed by atoms with Gasteiger partial charge in [0.1, 0.15) is 0 Å². The molecule has 0 saturated carbocycles. The van der Waals surface area contributed by atoms with Crippen molar-refractivity contribution < 1.29 is 5.11 Å². The van der Waals surface area contributed by atoms with E-state index in [0.29, 0.717) is 0 Å². The summed E-state index contributed by atoms with van der Waals surface area (Å²) in [6.45, 7) is 5.01. The van der Waals surface area contributed by atoms with Gasteiger partial charge in [0.2, 0.25) is 0 Å². The Morgan fingerprint density at radius 2 is 1.86 bits per heavy atom. The van der Waals surface area contributed by atoms with E-state index in [2.05, 4.69) is 42.3 Å². The zero-order chi connectivity index (χ0) is 15.5. The Kier molecular flexibility index (Phi) is 4.07. The third kappa shape index (κ3) is 2.81. The average Bonchev–Trinajstić information content (AvgIpc) is 2.56. The minimum absolute atomic E-state index is 0.0739. The van der Waals surface area contributed by atoms with Crippen molar-refractivity contribution in [1.29, 1.82) is 0 Å². The molecule has 3 rings (SSSR count). The number of benzene rings is 2. The van der Waals surface area contributed by atoms with Gasteiger partial charge in [0.05, 0.1) is 12.1 Å². The predicted molar refractivity (Wildman–Crippen MR) is 90.9 cm³/mol. The second-order valence-corrected chi connectivity index (χ2v) is 5.59. The van der Waals surface area contributed by atoms with Crippen molar-refractivity contribution in [2.75, 3.05) is 5.32 Å². The topological polar surface area (TPSA) is 45.1 Å². The molecule has 2 N–H and O–H groups in total. The van der Waals surface area contributed by atoms with Crippen LogP contribution in [0.15, 0.2) is 48.7 Å². The van der Waals surface area contributed by atoms with E-state index in [0.717, 1.165) is 34.3 Å². The maximum absolute atomic E-state index is 9.22. The number of aliphatic hydroxyl groups excluding tert-OH is 1. The van der Waals surface area contributed by atoms with Gasteiger partial charge in [-0.1, -0.05) is 36.4 Å². The van der Waals surface area contributed by atoms with Crippen molar-refractivity contribution in [1.82, 2.24) is 4.98 Å². The van der Waals surface area contributed by atoms with E-state index in [4.69, 9.17) is 0 Å². The Morgan fingerprint density at radius 1 is 1.05 bits per heavy atom. The lowest BCUT2D eigenvalue weighted by molar-refractivity contribution is 0.281. The zero-order valence-corrected chi connectivity index (χ0v) is 12.9. The number of hydrogen-bond donors (Lipinski definition) is 2. The largest absolute Gasteiger partial charge is 0.392 e. The minimum atomic E-state index is 0.0739. The van der Waals surface area contributed by atoms with Gasteiger partial charge in [0.25, 0.3) is 0 Å². The van der Waals surface area contributed by atoms with E-state index in [1.807, 2.05) is 30.5 Å². The lowest BCUT2D eigenvalue weighted by Crippen LogP contribution is -2.01. The highest BCUT2D eigenvalue weighted by Gasteiger charge is 2.06. The number of rotatable bonds is 4. The van der Waals surface area contributed by atoms with Gasteiger partial charge >= 0.3 is 0 Å². The van der Waals surface area contributed by atoms with Gasteiger partial charge in [-0.05, 0) is 42.2 Å². The zero-order valence-electron chi connectivity index (χ0n) is 12.9. The second-order valence-electron chi connectivity index (χ2n) is 5.59. The van der Waals surface area contributed by atoms with E-state index in [1.165, 1.54) is 11.1 Å². The fourth-order valence-electron chi connectivity index (χ4n) is 2.65. The average molecular weight is 292 g/mol. The molecular weight excluding hydrogens is 272 g/mol. The van der Waals surface area contributed by atoms with Gasteiger partial charge < -0.3 is 10.4 Å². The first-order valence-corrected chi connectivity index (χ1v) is 7.46. The summed E-state index contributed by atoms with van der Waals surface area (Å²) in [5.41, 5.74) is 6.71. The molecule has 112 valence electrons. The van der Waals surface area contributed by atoms with Crippen LogP contribution in [0.5, 0.6) is 0 Å². The Bertz CT molecular complexity index is 812. The van der Waals surface area contributed by atoms with Crippen LogP contribution < -0.4 is 5.32 Å². The second kappa shape index (κ2) is 6.16. The van der Waals surface area contributed by atoms with E-state index >= 15 is 0 Å². The summed E-state index contributed by atoms with van der Waals surface area (Å²) in [6, 6.07) is 14.2. The molecule has 0 aliphatic carbocycles. The highest BCUT2D eigenvalue weighted by molar-refractivity contribution is 5.93. The first-order chi connectivity index (χ1) is 10.7. The van der Waals surface area contributed by atoms with E-state index in [9.17, 15) is 5.11 Å². The summed E-state index contributed by atoms with van der Waals surface area (Å²) in [7, 11) is 0. The normalized spacial score (nSPS) is 10.9. The van der Waals surface area contributed by atoms with Crippen molar-refractivity contribution in [3.63, 3.8) is 0 Å². The highest BCUT2D eigenvalue weighted by Crippen LogP contribution is 2.26. The first-order valence-electron chi connectivity index (χ1n) is 7.46. The number of anilines is 1. The third-order valence-electron chi connectivity index (χ3n) is 4.09. The third-order valence-corrected chi connectivity index (χ3v) is 4.09. The summed E-state index contributed by atoms with van der Waals surface area (Å²) in [4.78, 5) is 4.51. The highest BCUT2D eigenvalue weighted by atomic mass is 16.3. The van der Waals surface area contributed by atoms with Crippen LogP contribution in [0, 0.1) is 13.8 Å². The van der Waals surface area contributed by atoms with Crippen LogP contribution in [0.25, 0.3) is 10.9 Å². The number of aryl methyl sites for hydroxylation is 2. The molecule has 1 aromatic heterocycles. The smallest absolute Gasteiger partial charge is 0.0754 e. The van der Waals surface area contributed by atoms with Crippen molar-refractivity contribution >= 4 is 16.6 Å². The fraction of sp³-hybridized carbons (Fsp3) is 0.211. The van der Waals surface area contributed by atoms with Gasteiger partial charge in [0, 0.05) is 23.8 Å². The number of fused-ring (bicyclic) bond motifs is 1. The molecule has 0 saturated heterocycles. The maximum atomic E-state index is 9.22. The summed E-state index contributed by atoms with van der Waals surface area (Å²) < 4.78 is 0. The quantitative estimate of drug-likeness (QED) is 0.765. The Labute approximate surface area is 130 Å². The molecular formula is C19H20N2O. The van der Waals surface area contributed by atoms with Crippen LogP contribution in [0.2, 0.25) is 0 Å². The van der Waals surface area contributed by atoms with Gasteiger partial charge in [-0.3, -0.25) is 4.98 Å². The number of aromatic nitrogens is 1. The summed E-state index contributed by atoms with van der Waals surface area (Å²) in [5, 5.41) is 13.8. The number of nitrogens with one attached hydrogen (secondary N) is 1. The van der Waals surface area contributed by atoms with Crippen LogP contribution in [0.4, 0.5) is 5.69 Å². The summed E-state index contributed by atoms with van der Waals surface area (Å²) in [5.74, 6) is 0. The molecule has 2 aromatic carbocycles. The van der Waals surface area contributed by atoms with Gasteiger partial charge in [-0.15, -0.1) is 0 Å². The van der Waals surface area contributed by atoms with Crippen LogP contribution in [0.1, 0.15) is 22.3 Å². The van der Waals surface area contributed by atoms with Crippen molar-refractivity contribution in [3.05, 3.63) is 70.9 Å². The maximum Gasteiger partial charge on any atom is 0.0754 e. The number of aliphatic hydroxyl groups is 1. The van der Waals surface area contributed by atoms with Crippen LogP contribution in [-0.2, 0) is 13.2 Å². The van der Waals surface area contributed by atoms with E-state index in [-0.39, 0.29) is 6.61 Å². The van der Waals surface area contributed by atoms with Crippen LogP contribution >= 0.6 is 0 Å². The van der Waals surface area contributed by atoms with Gasteiger partial charge in [0.15, 0.2) is 0 Å². The Morgan fingerprint density at radius 3 is 2.68 bits per heavy atom. The molecule has 0 bridgehead atoms. The van der Waals surface area contributed by atoms with Crippen molar-refractivity contribution in [2.24, 2.45) is 0 Å². The van der Waals surface area contributed by atoms with Gasteiger partial charge in [-0.2, -0.15) is 0 Å². The summed E-state index contributed by atoms with van der Waals surface area (Å²) in [6.07, 6.45) is 1.85. The molecule has 0 aliphatic heterocycles. The molecule has 0 amide bonds. The van der Waals surface area contributed by atoms with Gasteiger partial charge in [-0.25, -0.2) is 0 Å². The van der Waals surface area contributed by atoms with E-state index in [1.54, 1.807) is 0 Å². The van der Waals surface area contributed by atoms with E-state index < -0.39 is 0 Å². The molecule has 0 unspecified atom stereocenters. The summed E-state index contributed by atoms with van der Waals surface area (Å²) >= 11 is 0. The molecule has 22 heavy (non-hydrogen) atoms. The Hall–Kier alpha value is -2.39. The molecule has 3 heteroatoms. The molecule has 0 spiro atoms. The standard InChI is InChI=1S/C19H20N2O/c1-13-6-7-17-18(8-9-20-19(17)14(13)2)21-11-15-4-3-5-16(10-15)12-22/h3-10,22H,11-12H2,1-2H3,(H,20,21).